The number of rotatable bonds is 5. The lowest BCUT2D eigenvalue weighted by Crippen LogP contribution is -2.36. The molecule has 1 aromatic carbocycles. The molecule has 1 N–H and O–H groups in total. The Morgan fingerprint density at radius 1 is 1.38 bits per heavy atom. The van der Waals surface area contributed by atoms with E-state index in [9.17, 15) is 4.79 Å². The summed E-state index contributed by atoms with van der Waals surface area (Å²) >= 11 is 0. The number of hydrogen-bond acceptors (Lipinski definition) is 4. The summed E-state index contributed by atoms with van der Waals surface area (Å²) in [5, 5.41) is 11.1. The normalized spacial score (nSPS) is 14.5. The van der Waals surface area contributed by atoms with Crippen LogP contribution in [0.3, 0.4) is 0 Å². The van der Waals surface area contributed by atoms with Crippen LogP contribution >= 0.6 is 0 Å². The number of aryl methyl sites for hydroxylation is 1. The first kappa shape index (κ1) is 13.6. The maximum Gasteiger partial charge on any atom is 0.261 e. The molecule has 1 atom stereocenters. The standard InChI is InChI=1S/C15H18N4O2/c1-11(21-12-6-3-2-4-7-12)15(20)16-10-14-18-17-13-8-5-9-19(13)14/h2-4,6-7,11H,5,8-10H2,1H3,(H,16,20)/t11-/m0/s1. The van der Waals surface area contributed by atoms with E-state index < -0.39 is 6.10 Å². The van der Waals surface area contributed by atoms with Crippen LogP contribution in [0.4, 0.5) is 0 Å². The zero-order valence-electron chi connectivity index (χ0n) is 12.0. The molecule has 0 spiro atoms. The van der Waals surface area contributed by atoms with Crippen LogP contribution in [-0.4, -0.2) is 26.8 Å². The zero-order valence-corrected chi connectivity index (χ0v) is 12.0. The van der Waals surface area contributed by atoms with Crippen LogP contribution in [0.25, 0.3) is 0 Å². The molecule has 0 fully saturated rings. The van der Waals surface area contributed by atoms with Gasteiger partial charge in [-0.2, -0.15) is 0 Å². The lowest BCUT2D eigenvalue weighted by Gasteiger charge is -2.14. The number of carbonyl (C=O) groups is 1. The number of amides is 1. The van der Waals surface area contributed by atoms with E-state index in [-0.39, 0.29) is 5.91 Å². The minimum atomic E-state index is -0.548. The van der Waals surface area contributed by atoms with Gasteiger partial charge in [-0.15, -0.1) is 10.2 Å². The number of fused-ring (bicyclic) bond motifs is 1. The number of aromatic nitrogens is 3. The second-order valence-corrected chi connectivity index (χ2v) is 5.08. The molecule has 0 unspecified atom stereocenters. The Balaban J connectivity index is 1.54. The highest BCUT2D eigenvalue weighted by Gasteiger charge is 2.19. The molecule has 2 heterocycles. The molecule has 1 aliphatic rings. The molecule has 2 aromatic rings. The molecule has 1 aliphatic heterocycles. The van der Waals surface area contributed by atoms with Crippen LogP contribution < -0.4 is 10.1 Å². The largest absolute Gasteiger partial charge is 0.481 e. The van der Waals surface area contributed by atoms with Crippen molar-refractivity contribution in [3.63, 3.8) is 0 Å². The molecule has 6 heteroatoms. The number of nitrogens with zero attached hydrogens (tertiary/aromatic N) is 3. The van der Waals surface area contributed by atoms with E-state index >= 15 is 0 Å². The lowest BCUT2D eigenvalue weighted by molar-refractivity contribution is -0.127. The number of para-hydroxylation sites is 1. The maximum atomic E-state index is 12.0. The summed E-state index contributed by atoms with van der Waals surface area (Å²) in [6.45, 7) is 3.05. The van der Waals surface area contributed by atoms with Gasteiger partial charge in [-0.3, -0.25) is 4.79 Å². The van der Waals surface area contributed by atoms with Crippen LogP contribution in [0.5, 0.6) is 5.75 Å². The van der Waals surface area contributed by atoms with Gasteiger partial charge in [0, 0.05) is 13.0 Å². The van der Waals surface area contributed by atoms with Gasteiger partial charge in [-0.05, 0) is 25.5 Å². The summed E-state index contributed by atoms with van der Waals surface area (Å²) in [5.41, 5.74) is 0. The van der Waals surface area contributed by atoms with Crippen molar-refractivity contribution in [2.45, 2.75) is 39.0 Å². The quantitative estimate of drug-likeness (QED) is 0.899. The van der Waals surface area contributed by atoms with Gasteiger partial charge in [0.2, 0.25) is 0 Å². The molecule has 0 aliphatic carbocycles. The van der Waals surface area contributed by atoms with Gasteiger partial charge >= 0.3 is 0 Å². The van der Waals surface area contributed by atoms with Crippen LogP contribution in [0.2, 0.25) is 0 Å². The molecule has 21 heavy (non-hydrogen) atoms. The fraction of sp³-hybridized carbons (Fsp3) is 0.400. The second-order valence-electron chi connectivity index (χ2n) is 5.08. The molecule has 1 amide bonds. The van der Waals surface area contributed by atoms with Gasteiger partial charge in [-0.25, -0.2) is 0 Å². The van der Waals surface area contributed by atoms with Crippen LogP contribution in [0.15, 0.2) is 30.3 Å². The molecule has 1 aromatic heterocycles. The smallest absolute Gasteiger partial charge is 0.261 e. The predicted molar refractivity (Wildman–Crippen MR) is 76.7 cm³/mol. The summed E-state index contributed by atoms with van der Waals surface area (Å²) in [6.07, 6.45) is 1.52. The molecular weight excluding hydrogens is 268 g/mol. The zero-order chi connectivity index (χ0) is 14.7. The number of ether oxygens (including phenoxy) is 1. The highest BCUT2D eigenvalue weighted by molar-refractivity contribution is 5.80. The van der Waals surface area contributed by atoms with Crippen molar-refractivity contribution in [2.24, 2.45) is 0 Å². The third-order valence-corrected chi connectivity index (χ3v) is 3.53. The van der Waals surface area contributed by atoms with E-state index in [1.54, 1.807) is 6.92 Å². The summed E-state index contributed by atoms with van der Waals surface area (Å²) in [5.74, 6) is 2.34. The van der Waals surface area contributed by atoms with Crippen molar-refractivity contribution in [3.05, 3.63) is 42.0 Å². The topological polar surface area (TPSA) is 69.0 Å². The number of nitrogens with one attached hydrogen (secondary N) is 1. The van der Waals surface area contributed by atoms with Crippen molar-refractivity contribution < 1.29 is 9.53 Å². The monoisotopic (exact) mass is 286 g/mol. The third kappa shape index (κ3) is 3.04. The van der Waals surface area contributed by atoms with Crippen LogP contribution in [0.1, 0.15) is 25.0 Å². The van der Waals surface area contributed by atoms with E-state index in [0.29, 0.717) is 12.3 Å². The van der Waals surface area contributed by atoms with Crippen molar-refractivity contribution in [1.29, 1.82) is 0 Å². The highest BCUT2D eigenvalue weighted by Crippen LogP contribution is 2.14. The Bertz CT molecular complexity index is 624. The van der Waals surface area contributed by atoms with E-state index in [1.165, 1.54) is 0 Å². The van der Waals surface area contributed by atoms with E-state index in [1.807, 2.05) is 30.3 Å². The Morgan fingerprint density at radius 3 is 3.00 bits per heavy atom. The van der Waals surface area contributed by atoms with Crippen molar-refractivity contribution in [1.82, 2.24) is 20.1 Å². The molecule has 0 saturated carbocycles. The second kappa shape index (κ2) is 5.95. The Kier molecular flexibility index (Phi) is 3.85. The molecule has 6 nitrogen and oxygen atoms in total. The van der Waals surface area contributed by atoms with E-state index in [2.05, 4.69) is 20.1 Å². The van der Waals surface area contributed by atoms with Crippen LogP contribution in [-0.2, 0) is 24.3 Å². The Labute approximate surface area is 123 Å². The summed E-state index contributed by atoms with van der Waals surface area (Å²) in [6, 6.07) is 9.31. The fourth-order valence-corrected chi connectivity index (χ4v) is 2.41. The number of carbonyl (C=O) groups excluding carboxylic acids is 1. The molecular formula is C15H18N4O2. The molecule has 0 bridgehead atoms. The van der Waals surface area contributed by atoms with Crippen molar-refractivity contribution >= 4 is 5.91 Å². The first-order chi connectivity index (χ1) is 10.2. The molecule has 3 rings (SSSR count). The van der Waals surface area contributed by atoms with Gasteiger partial charge in [0.1, 0.15) is 11.6 Å². The van der Waals surface area contributed by atoms with Crippen molar-refractivity contribution in [2.75, 3.05) is 0 Å². The first-order valence-electron chi connectivity index (χ1n) is 7.14. The molecule has 110 valence electrons. The van der Waals surface area contributed by atoms with Gasteiger partial charge in [-0.1, -0.05) is 18.2 Å². The minimum absolute atomic E-state index is 0.158. The fourth-order valence-electron chi connectivity index (χ4n) is 2.41. The van der Waals surface area contributed by atoms with Gasteiger partial charge in [0.05, 0.1) is 6.54 Å². The third-order valence-electron chi connectivity index (χ3n) is 3.53. The van der Waals surface area contributed by atoms with Crippen LogP contribution in [0, 0.1) is 0 Å². The van der Waals surface area contributed by atoms with Gasteiger partial charge in [0.25, 0.3) is 5.91 Å². The lowest BCUT2D eigenvalue weighted by atomic mass is 10.3. The van der Waals surface area contributed by atoms with Gasteiger partial charge < -0.3 is 14.6 Å². The SMILES string of the molecule is C[C@H](Oc1ccccc1)C(=O)NCc1nnc2n1CCC2. The predicted octanol–water partition coefficient (Wildman–Crippen LogP) is 1.31. The minimum Gasteiger partial charge on any atom is -0.481 e. The highest BCUT2D eigenvalue weighted by atomic mass is 16.5. The maximum absolute atomic E-state index is 12.0. The Hall–Kier alpha value is -2.37. The first-order valence-corrected chi connectivity index (χ1v) is 7.14. The van der Waals surface area contributed by atoms with E-state index in [4.69, 9.17) is 4.74 Å². The average molecular weight is 286 g/mol. The van der Waals surface area contributed by atoms with E-state index in [0.717, 1.165) is 31.0 Å². The van der Waals surface area contributed by atoms with Crippen molar-refractivity contribution in [3.8, 4) is 5.75 Å². The Morgan fingerprint density at radius 2 is 2.19 bits per heavy atom. The average Bonchev–Trinajstić information content (AvgIpc) is 3.09. The number of hydrogen-bond donors (Lipinski definition) is 1. The summed E-state index contributed by atoms with van der Waals surface area (Å²) in [4.78, 5) is 12.0. The molecule has 0 radical (unpaired) electrons. The van der Waals surface area contributed by atoms with Gasteiger partial charge in [0.15, 0.2) is 11.9 Å². The summed E-state index contributed by atoms with van der Waals surface area (Å²) in [7, 11) is 0. The molecule has 0 saturated heterocycles. The summed E-state index contributed by atoms with van der Waals surface area (Å²) < 4.78 is 7.66. The number of benzene rings is 1.